The molecule has 3 aromatic carbocycles. The Balaban J connectivity index is 1.70. The molecule has 0 saturated carbocycles. The number of carbonyl (C=O) groups excluding carboxylic acids is 2. The molecule has 0 aliphatic rings. The van der Waals surface area contributed by atoms with Gasteiger partial charge in [0, 0.05) is 29.4 Å². The van der Waals surface area contributed by atoms with E-state index in [0.717, 1.165) is 5.56 Å². The zero-order valence-electron chi connectivity index (χ0n) is 20.9. The Morgan fingerprint density at radius 3 is 2.21 bits per heavy atom. The van der Waals surface area contributed by atoms with E-state index >= 15 is 0 Å². The monoisotopic (exact) mass is 560 g/mol. The van der Waals surface area contributed by atoms with Crippen molar-refractivity contribution in [2.24, 2.45) is 5.73 Å². The number of halogens is 4. The number of alkyl halides is 3. The maximum absolute atomic E-state index is 12.9. The molecule has 0 bridgehead atoms. The molecule has 0 aliphatic heterocycles. The molecule has 1 atom stereocenters. The summed E-state index contributed by atoms with van der Waals surface area (Å²) in [6.45, 7) is 3.70. The molecule has 4 rings (SSSR count). The number of carbonyl (C=O) groups is 2. The molecule has 1 heterocycles. The molecule has 1 amide bonds. The molecule has 39 heavy (non-hydrogen) atoms. The van der Waals surface area contributed by atoms with Crippen LogP contribution in [0.4, 0.5) is 13.2 Å². The highest BCUT2D eigenvalue weighted by Gasteiger charge is 2.33. The van der Waals surface area contributed by atoms with Gasteiger partial charge in [0.1, 0.15) is 11.5 Å². The third-order valence-corrected chi connectivity index (χ3v) is 6.49. The Morgan fingerprint density at radius 2 is 1.62 bits per heavy atom. The molecule has 1 aromatic heterocycles. The van der Waals surface area contributed by atoms with Gasteiger partial charge in [0.05, 0.1) is 11.2 Å². The number of nitrogens with zero attached hydrogens (tertiary/aromatic N) is 1. The van der Waals surface area contributed by atoms with Crippen molar-refractivity contribution in [1.29, 1.82) is 0 Å². The predicted molar refractivity (Wildman–Crippen MR) is 139 cm³/mol. The summed E-state index contributed by atoms with van der Waals surface area (Å²) in [5.41, 5.74) is 6.56. The Kier molecular flexibility index (Phi) is 7.78. The molecule has 0 saturated heterocycles. The molecule has 0 unspecified atom stereocenters. The molecule has 0 fully saturated rings. The van der Waals surface area contributed by atoms with Crippen molar-refractivity contribution in [3.05, 3.63) is 88.6 Å². The molecule has 0 radical (unpaired) electrons. The number of primary amides is 1. The first-order valence-corrected chi connectivity index (χ1v) is 12.1. The minimum absolute atomic E-state index is 0.0735. The first-order valence-electron chi connectivity index (χ1n) is 11.7. The maximum Gasteiger partial charge on any atom is 0.573 e. The van der Waals surface area contributed by atoms with Crippen molar-refractivity contribution in [2.45, 2.75) is 38.8 Å². The van der Waals surface area contributed by atoms with E-state index in [-0.39, 0.29) is 18.6 Å². The number of hydrogen-bond donors (Lipinski definition) is 1. The summed E-state index contributed by atoms with van der Waals surface area (Å²) in [7, 11) is 0. The molecule has 11 heteroatoms. The van der Waals surface area contributed by atoms with E-state index in [2.05, 4.69) is 4.74 Å². The average Bonchev–Trinajstić information content (AvgIpc) is 3.11. The zero-order chi connectivity index (χ0) is 28.4. The Labute approximate surface area is 226 Å². The van der Waals surface area contributed by atoms with Crippen LogP contribution in [0.3, 0.4) is 0 Å². The van der Waals surface area contributed by atoms with E-state index in [9.17, 15) is 22.8 Å². The molecule has 0 aliphatic carbocycles. The quantitative estimate of drug-likeness (QED) is 0.230. The number of aromatic nitrogens is 1. The van der Waals surface area contributed by atoms with Crippen molar-refractivity contribution in [2.75, 3.05) is 0 Å². The fourth-order valence-corrected chi connectivity index (χ4v) is 4.33. The summed E-state index contributed by atoms with van der Waals surface area (Å²) in [5.74, 6) is -0.149. The Hall–Kier alpha value is -4.18. The van der Waals surface area contributed by atoms with E-state index in [1.165, 1.54) is 25.1 Å². The maximum atomic E-state index is 12.9. The number of fused-ring (bicyclic) bond motifs is 1. The van der Waals surface area contributed by atoms with Gasteiger partial charge in [-0.25, -0.2) is 0 Å². The highest BCUT2D eigenvalue weighted by Crippen LogP contribution is 2.39. The number of benzene rings is 3. The normalized spacial score (nSPS) is 13.1. The number of amides is 1. The summed E-state index contributed by atoms with van der Waals surface area (Å²) in [6, 6.07) is 17.9. The van der Waals surface area contributed by atoms with Crippen LogP contribution in [0.2, 0.25) is 5.02 Å². The highest BCUT2D eigenvalue weighted by atomic mass is 35.5. The molecule has 2 N–H and O–H groups in total. The van der Waals surface area contributed by atoms with E-state index in [0.29, 0.717) is 45.2 Å². The van der Waals surface area contributed by atoms with Crippen molar-refractivity contribution >= 4 is 34.9 Å². The lowest BCUT2D eigenvalue weighted by molar-refractivity contribution is -0.274. The summed E-state index contributed by atoms with van der Waals surface area (Å²) < 4.78 is 55.8. The van der Waals surface area contributed by atoms with Crippen LogP contribution in [0.1, 0.15) is 23.7 Å². The molecule has 4 aromatic rings. The number of nitrogens with two attached hydrogens (primary N) is 1. The van der Waals surface area contributed by atoms with E-state index in [4.69, 9.17) is 26.8 Å². The zero-order valence-corrected chi connectivity index (χ0v) is 21.7. The smallest absolute Gasteiger partial charge is 0.455 e. The van der Waals surface area contributed by atoms with Gasteiger partial charge in [-0.05, 0) is 61.4 Å². The second-order valence-electron chi connectivity index (χ2n) is 9.09. The SMILES string of the molecule is Cc1c(Oc2ccc(Cl)cc2)c2ccc(OC(F)(F)F)cc2n1Cc1ccc(C[C@@](C)(OC=O)C(N)=O)cc1. The third kappa shape index (κ3) is 6.46. The van der Waals surface area contributed by atoms with Gasteiger partial charge in [0.15, 0.2) is 11.4 Å². The molecule has 0 spiro atoms. The molecule has 204 valence electrons. The van der Waals surface area contributed by atoms with Crippen LogP contribution < -0.4 is 15.2 Å². The Morgan fingerprint density at radius 1 is 1.00 bits per heavy atom. The molecular formula is C28H24ClF3N2O5. The lowest BCUT2D eigenvalue weighted by atomic mass is 9.95. The van der Waals surface area contributed by atoms with Crippen molar-refractivity contribution in [3.8, 4) is 17.2 Å². The number of hydrogen-bond acceptors (Lipinski definition) is 5. The van der Waals surface area contributed by atoms with Crippen molar-refractivity contribution in [3.63, 3.8) is 0 Å². The van der Waals surface area contributed by atoms with Gasteiger partial charge in [-0.3, -0.25) is 9.59 Å². The summed E-state index contributed by atoms with van der Waals surface area (Å²) in [4.78, 5) is 22.6. The topological polar surface area (TPSA) is 92.8 Å². The van der Waals surface area contributed by atoms with Gasteiger partial charge in [0.2, 0.25) is 0 Å². The van der Waals surface area contributed by atoms with Crippen molar-refractivity contribution in [1.82, 2.24) is 4.57 Å². The second-order valence-corrected chi connectivity index (χ2v) is 9.52. The predicted octanol–water partition coefficient (Wildman–Crippen LogP) is 6.30. The second kappa shape index (κ2) is 10.9. The summed E-state index contributed by atoms with van der Waals surface area (Å²) >= 11 is 5.97. The summed E-state index contributed by atoms with van der Waals surface area (Å²) in [5, 5.41) is 1.13. The van der Waals surface area contributed by atoms with Crippen LogP contribution in [0.15, 0.2) is 66.7 Å². The van der Waals surface area contributed by atoms with Gasteiger partial charge in [0.25, 0.3) is 12.4 Å². The lowest BCUT2D eigenvalue weighted by Gasteiger charge is -2.24. The first kappa shape index (κ1) is 27.8. The van der Waals surface area contributed by atoms with Crippen LogP contribution in [-0.2, 0) is 27.3 Å². The molecular weight excluding hydrogens is 537 g/mol. The van der Waals surface area contributed by atoms with Gasteiger partial charge in [-0.15, -0.1) is 13.2 Å². The highest BCUT2D eigenvalue weighted by molar-refractivity contribution is 6.30. The first-order chi connectivity index (χ1) is 18.4. The fourth-order valence-electron chi connectivity index (χ4n) is 4.20. The van der Waals surface area contributed by atoms with Gasteiger partial charge >= 0.3 is 6.36 Å². The van der Waals surface area contributed by atoms with Crippen LogP contribution >= 0.6 is 11.6 Å². The van der Waals surface area contributed by atoms with E-state index < -0.39 is 17.9 Å². The van der Waals surface area contributed by atoms with Gasteiger partial charge in [-0.2, -0.15) is 0 Å². The Bertz CT molecular complexity index is 1500. The fraction of sp³-hybridized carbons (Fsp3) is 0.214. The van der Waals surface area contributed by atoms with Crippen LogP contribution in [-0.4, -0.2) is 28.9 Å². The summed E-state index contributed by atoms with van der Waals surface area (Å²) in [6.07, 6.45) is -4.77. The third-order valence-electron chi connectivity index (χ3n) is 6.24. The van der Waals surface area contributed by atoms with Crippen LogP contribution in [0.25, 0.3) is 10.9 Å². The minimum Gasteiger partial charge on any atom is -0.455 e. The largest absolute Gasteiger partial charge is 0.573 e. The van der Waals surface area contributed by atoms with E-state index in [1.54, 1.807) is 55.5 Å². The molecule has 7 nitrogen and oxygen atoms in total. The number of ether oxygens (including phenoxy) is 3. The standard InChI is InChI=1S/C28H24ClF3N2O5/c1-17-25(38-21-9-7-20(29)8-10-21)23-12-11-22(39-28(30,31)32)13-24(23)34(17)15-19-5-3-18(4-6-19)14-27(2,26(33)36)37-16-35/h3-13,16H,14-15H2,1-2H3,(H2,33,36)/t27-/m1/s1. The van der Waals surface area contributed by atoms with Gasteiger partial charge in [-0.1, -0.05) is 35.9 Å². The number of rotatable bonds is 10. The van der Waals surface area contributed by atoms with Crippen LogP contribution in [0.5, 0.6) is 17.2 Å². The average molecular weight is 561 g/mol. The lowest BCUT2D eigenvalue weighted by Crippen LogP contribution is -2.45. The minimum atomic E-state index is -4.84. The van der Waals surface area contributed by atoms with Crippen molar-refractivity contribution < 1.29 is 37.0 Å². The van der Waals surface area contributed by atoms with Crippen LogP contribution in [0, 0.1) is 6.92 Å². The van der Waals surface area contributed by atoms with E-state index in [1.807, 2.05) is 4.57 Å². The van der Waals surface area contributed by atoms with Gasteiger partial charge < -0.3 is 24.5 Å².